The molecule has 3 nitrogen and oxygen atoms in total. The van der Waals surface area contributed by atoms with Crippen molar-refractivity contribution in [3.05, 3.63) is 54.2 Å². The number of rotatable bonds is 6. The molecule has 0 saturated heterocycles. The normalized spacial score (nSPS) is 12.2. The molecule has 1 heterocycles. The molecule has 0 aliphatic carbocycles. The van der Waals surface area contributed by atoms with Crippen LogP contribution in [0.3, 0.4) is 0 Å². The molecule has 106 valence electrons. The molecule has 20 heavy (non-hydrogen) atoms. The second-order valence-electron chi connectivity index (χ2n) is 5.20. The number of methoxy groups -OCH3 is 1. The van der Waals surface area contributed by atoms with Crippen LogP contribution in [0.2, 0.25) is 0 Å². The standard InChI is InChI=1S/C17H22N2O/c1-13(2)15(14-8-5-4-6-9-14)12-19-16-10-7-11-18-17(16)20-3/h4-11,13,15,19H,12H2,1-3H3. The summed E-state index contributed by atoms with van der Waals surface area (Å²) < 4.78 is 5.27. The van der Waals surface area contributed by atoms with Crippen LogP contribution >= 0.6 is 0 Å². The van der Waals surface area contributed by atoms with Crippen molar-refractivity contribution in [3.63, 3.8) is 0 Å². The van der Waals surface area contributed by atoms with Gasteiger partial charge in [-0.15, -0.1) is 0 Å². The molecule has 1 aromatic carbocycles. The molecule has 1 atom stereocenters. The molecule has 0 aliphatic rings. The Labute approximate surface area is 121 Å². The van der Waals surface area contributed by atoms with Crippen molar-refractivity contribution < 1.29 is 4.74 Å². The number of hydrogen-bond acceptors (Lipinski definition) is 3. The van der Waals surface area contributed by atoms with Gasteiger partial charge in [-0.1, -0.05) is 44.2 Å². The van der Waals surface area contributed by atoms with Crippen LogP contribution in [-0.4, -0.2) is 18.6 Å². The van der Waals surface area contributed by atoms with Crippen LogP contribution in [0.15, 0.2) is 48.7 Å². The molecule has 0 fully saturated rings. The topological polar surface area (TPSA) is 34.1 Å². The van der Waals surface area contributed by atoms with Crippen molar-refractivity contribution in [2.75, 3.05) is 19.0 Å². The first-order chi connectivity index (χ1) is 9.72. The summed E-state index contributed by atoms with van der Waals surface area (Å²) in [7, 11) is 1.64. The fourth-order valence-electron chi connectivity index (χ4n) is 2.35. The number of aromatic nitrogens is 1. The van der Waals surface area contributed by atoms with Gasteiger partial charge in [0.25, 0.3) is 0 Å². The quantitative estimate of drug-likeness (QED) is 0.863. The smallest absolute Gasteiger partial charge is 0.237 e. The molecule has 2 rings (SSSR count). The Balaban J connectivity index is 2.10. The molecule has 0 amide bonds. The average molecular weight is 270 g/mol. The molecule has 0 aliphatic heterocycles. The molecule has 0 spiro atoms. The number of anilines is 1. The van der Waals surface area contributed by atoms with E-state index in [0.29, 0.717) is 17.7 Å². The highest BCUT2D eigenvalue weighted by Crippen LogP contribution is 2.26. The van der Waals surface area contributed by atoms with E-state index in [0.717, 1.165) is 12.2 Å². The lowest BCUT2D eigenvalue weighted by atomic mass is 9.88. The lowest BCUT2D eigenvalue weighted by Crippen LogP contribution is -2.18. The summed E-state index contributed by atoms with van der Waals surface area (Å²) in [6.07, 6.45) is 1.74. The predicted molar refractivity (Wildman–Crippen MR) is 83.3 cm³/mol. The molecule has 3 heteroatoms. The van der Waals surface area contributed by atoms with Gasteiger partial charge in [0.2, 0.25) is 5.88 Å². The summed E-state index contributed by atoms with van der Waals surface area (Å²) in [6, 6.07) is 14.5. The Kier molecular flexibility index (Phi) is 4.99. The minimum absolute atomic E-state index is 0.459. The van der Waals surface area contributed by atoms with E-state index in [9.17, 15) is 0 Å². The first-order valence-corrected chi connectivity index (χ1v) is 7.00. The van der Waals surface area contributed by atoms with E-state index >= 15 is 0 Å². The molecule has 1 unspecified atom stereocenters. The fourth-order valence-corrected chi connectivity index (χ4v) is 2.35. The van der Waals surface area contributed by atoms with Crippen LogP contribution in [0.5, 0.6) is 5.88 Å². The highest BCUT2D eigenvalue weighted by Gasteiger charge is 2.16. The summed E-state index contributed by atoms with van der Waals surface area (Å²) in [5.41, 5.74) is 2.30. The van der Waals surface area contributed by atoms with E-state index in [1.807, 2.05) is 12.1 Å². The van der Waals surface area contributed by atoms with Gasteiger partial charge < -0.3 is 10.1 Å². The first kappa shape index (κ1) is 14.4. The Morgan fingerprint density at radius 2 is 1.85 bits per heavy atom. The number of ether oxygens (including phenoxy) is 1. The van der Waals surface area contributed by atoms with Crippen molar-refractivity contribution in [1.29, 1.82) is 0 Å². The van der Waals surface area contributed by atoms with Crippen molar-refractivity contribution in [3.8, 4) is 5.88 Å². The van der Waals surface area contributed by atoms with E-state index in [-0.39, 0.29) is 0 Å². The van der Waals surface area contributed by atoms with Crippen LogP contribution < -0.4 is 10.1 Å². The number of hydrogen-bond donors (Lipinski definition) is 1. The molecule has 1 N–H and O–H groups in total. The molecule has 0 radical (unpaired) electrons. The van der Waals surface area contributed by atoms with Crippen LogP contribution in [0.25, 0.3) is 0 Å². The summed E-state index contributed by atoms with van der Waals surface area (Å²) in [4.78, 5) is 4.21. The van der Waals surface area contributed by atoms with Gasteiger partial charge in [0.1, 0.15) is 0 Å². The van der Waals surface area contributed by atoms with Gasteiger partial charge in [0.05, 0.1) is 12.8 Å². The first-order valence-electron chi connectivity index (χ1n) is 7.00. The summed E-state index contributed by atoms with van der Waals surface area (Å²) >= 11 is 0. The Morgan fingerprint density at radius 3 is 2.50 bits per heavy atom. The van der Waals surface area contributed by atoms with Gasteiger partial charge in [-0.05, 0) is 23.6 Å². The number of pyridine rings is 1. The van der Waals surface area contributed by atoms with Gasteiger partial charge in [-0.25, -0.2) is 4.98 Å². The largest absolute Gasteiger partial charge is 0.480 e. The van der Waals surface area contributed by atoms with Gasteiger partial charge >= 0.3 is 0 Å². The highest BCUT2D eigenvalue weighted by molar-refractivity contribution is 5.52. The van der Waals surface area contributed by atoms with E-state index in [1.54, 1.807) is 13.3 Å². The lowest BCUT2D eigenvalue weighted by Gasteiger charge is -2.22. The van der Waals surface area contributed by atoms with Crippen LogP contribution in [-0.2, 0) is 0 Å². The van der Waals surface area contributed by atoms with E-state index in [4.69, 9.17) is 4.74 Å². The Morgan fingerprint density at radius 1 is 1.10 bits per heavy atom. The maximum Gasteiger partial charge on any atom is 0.237 e. The second-order valence-corrected chi connectivity index (χ2v) is 5.20. The molecular weight excluding hydrogens is 248 g/mol. The van der Waals surface area contributed by atoms with Crippen LogP contribution in [0.4, 0.5) is 5.69 Å². The van der Waals surface area contributed by atoms with E-state index in [1.165, 1.54) is 5.56 Å². The van der Waals surface area contributed by atoms with Crippen molar-refractivity contribution >= 4 is 5.69 Å². The van der Waals surface area contributed by atoms with Gasteiger partial charge in [-0.3, -0.25) is 0 Å². The number of benzene rings is 1. The monoisotopic (exact) mass is 270 g/mol. The van der Waals surface area contributed by atoms with Crippen LogP contribution in [0.1, 0.15) is 25.3 Å². The fraction of sp³-hybridized carbons (Fsp3) is 0.353. The van der Waals surface area contributed by atoms with E-state index < -0.39 is 0 Å². The third-order valence-corrected chi connectivity index (χ3v) is 3.51. The third kappa shape index (κ3) is 3.50. The minimum atomic E-state index is 0.459. The molecule has 0 bridgehead atoms. The zero-order chi connectivity index (χ0) is 14.4. The second kappa shape index (κ2) is 6.94. The van der Waals surface area contributed by atoms with Gasteiger partial charge in [-0.2, -0.15) is 0 Å². The summed E-state index contributed by atoms with van der Waals surface area (Å²) in [6.45, 7) is 5.36. The van der Waals surface area contributed by atoms with Gasteiger partial charge in [0, 0.05) is 18.7 Å². The highest BCUT2D eigenvalue weighted by atomic mass is 16.5. The number of nitrogens with zero attached hydrogens (tertiary/aromatic N) is 1. The van der Waals surface area contributed by atoms with Crippen molar-refractivity contribution in [2.45, 2.75) is 19.8 Å². The lowest BCUT2D eigenvalue weighted by molar-refractivity contribution is 0.399. The molecule has 2 aromatic rings. The zero-order valence-corrected chi connectivity index (χ0v) is 12.3. The Bertz CT molecular complexity index is 526. The van der Waals surface area contributed by atoms with Crippen LogP contribution in [0, 0.1) is 5.92 Å². The molecule has 0 saturated carbocycles. The predicted octanol–water partition coefficient (Wildman–Crippen LogP) is 3.94. The van der Waals surface area contributed by atoms with E-state index in [2.05, 4.69) is 54.5 Å². The summed E-state index contributed by atoms with van der Waals surface area (Å²) in [5, 5.41) is 3.46. The molecule has 1 aromatic heterocycles. The van der Waals surface area contributed by atoms with Crippen molar-refractivity contribution in [2.24, 2.45) is 5.92 Å². The SMILES string of the molecule is COc1ncccc1NCC(c1ccccc1)C(C)C. The maximum absolute atomic E-state index is 5.27. The summed E-state index contributed by atoms with van der Waals surface area (Å²) in [5.74, 6) is 1.66. The zero-order valence-electron chi connectivity index (χ0n) is 12.3. The Hall–Kier alpha value is -2.03. The van der Waals surface area contributed by atoms with Gasteiger partial charge in [0.15, 0.2) is 0 Å². The molecular formula is C17H22N2O. The average Bonchev–Trinajstić information content (AvgIpc) is 2.48. The van der Waals surface area contributed by atoms with Crippen molar-refractivity contribution in [1.82, 2.24) is 4.98 Å². The third-order valence-electron chi connectivity index (χ3n) is 3.51. The number of nitrogens with one attached hydrogen (secondary N) is 1. The maximum atomic E-state index is 5.27. The minimum Gasteiger partial charge on any atom is -0.480 e.